The van der Waals surface area contributed by atoms with Crippen LogP contribution in [0.25, 0.3) is 0 Å². The summed E-state index contributed by atoms with van der Waals surface area (Å²) in [6, 6.07) is 4.13. The average Bonchev–Trinajstić information content (AvgIpc) is 2.80. The number of hydrogen-bond acceptors (Lipinski definition) is 3. The Labute approximate surface area is 156 Å². The number of nitrogens with zero attached hydrogens (tertiary/aromatic N) is 1. The molecule has 0 N–H and O–H groups in total. The maximum atomic E-state index is 12.8. The molecule has 2 bridgehead atoms. The van der Waals surface area contributed by atoms with Crippen molar-refractivity contribution in [1.82, 2.24) is 4.90 Å². The summed E-state index contributed by atoms with van der Waals surface area (Å²) in [6.45, 7) is 6.73. The van der Waals surface area contributed by atoms with Crippen molar-refractivity contribution in [2.24, 2.45) is 10.8 Å². The Hall–Kier alpha value is -2.05. The van der Waals surface area contributed by atoms with E-state index in [0.717, 1.165) is 37.5 Å². The number of benzene rings is 1. The zero-order valence-electron chi connectivity index (χ0n) is 15.7. The van der Waals surface area contributed by atoms with Crippen LogP contribution in [0.5, 0.6) is 0 Å². The summed E-state index contributed by atoms with van der Waals surface area (Å²) in [6.07, 6.45) is -1.68. The van der Waals surface area contributed by atoms with Crippen molar-refractivity contribution in [3.8, 4) is 0 Å². The fraction of sp³-hybridized carbons (Fsp3) is 0.600. The van der Waals surface area contributed by atoms with Gasteiger partial charge in [-0.3, -0.25) is 4.79 Å². The molecule has 2 atom stereocenters. The van der Waals surface area contributed by atoms with Gasteiger partial charge < -0.3 is 9.64 Å². The lowest BCUT2D eigenvalue weighted by atomic mass is 9.65. The molecule has 1 aliphatic carbocycles. The lowest BCUT2D eigenvalue weighted by molar-refractivity contribution is -0.138. The van der Waals surface area contributed by atoms with Gasteiger partial charge in [0.15, 0.2) is 6.61 Å². The number of carbonyl (C=O) groups excluding carboxylic acids is 2. The Morgan fingerprint density at radius 1 is 1.22 bits per heavy atom. The molecule has 0 spiro atoms. The van der Waals surface area contributed by atoms with Gasteiger partial charge in [-0.1, -0.05) is 26.8 Å². The third kappa shape index (κ3) is 4.28. The molecule has 0 aromatic heterocycles. The van der Waals surface area contributed by atoms with Crippen molar-refractivity contribution >= 4 is 11.9 Å². The SMILES string of the molecule is CC1(C)C[C@@H]2C[C@@](C)(CN2C(=O)COC(=O)c2cccc(C(F)(F)F)c2)C1. The van der Waals surface area contributed by atoms with Crippen molar-refractivity contribution in [3.63, 3.8) is 0 Å². The van der Waals surface area contributed by atoms with Gasteiger partial charge in [0.2, 0.25) is 0 Å². The fourth-order valence-electron chi connectivity index (χ4n) is 4.87. The number of alkyl halides is 3. The van der Waals surface area contributed by atoms with Gasteiger partial charge in [0.1, 0.15) is 0 Å². The molecule has 0 radical (unpaired) electrons. The van der Waals surface area contributed by atoms with Crippen LogP contribution in [0.1, 0.15) is 56.0 Å². The lowest BCUT2D eigenvalue weighted by Crippen LogP contribution is -2.39. The van der Waals surface area contributed by atoms with E-state index in [-0.39, 0.29) is 28.3 Å². The van der Waals surface area contributed by atoms with E-state index in [1.807, 2.05) is 0 Å². The third-order valence-corrected chi connectivity index (χ3v) is 5.49. The monoisotopic (exact) mass is 383 g/mol. The van der Waals surface area contributed by atoms with Crippen molar-refractivity contribution in [2.45, 2.75) is 52.3 Å². The second-order valence-corrected chi connectivity index (χ2v) is 8.89. The van der Waals surface area contributed by atoms with Crippen molar-refractivity contribution in [3.05, 3.63) is 35.4 Å². The number of hydrogen-bond donors (Lipinski definition) is 0. The van der Waals surface area contributed by atoms with E-state index in [1.165, 1.54) is 6.07 Å². The highest BCUT2D eigenvalue weighted by Crippen LogP contribution is 2.52. The molecular formula is C20H24F3NO3. The van der Waals surface area contributed by atoms with Gasteiger partial charge in [0.05, 0.1) is 11.1 Å². The molecule has 1 aromatic carbocycles. The summed E-state index contributed by atoms with van der Waals surface area (Å²) in [5.41, 5.74) is -0.924. The highest BCUT2D eigenvalue weighted by Gasteiger charge is 2.50. The molecule has 7 heteroatoms. The third-order valence-electron chi connectivity index (χ3n) is 5.49. The molecule has 1 saturated heterocycles. The first-order valence-corrected chi connectivity index (χ1v) is 9.03. The molecule has 1 aromatic rings. The Kier molecular flexibility index (Phi) is 4.77. The fourth-order valence-corrected chi connectivity index (χ4v) is 4.87. The van der Waals surface area contributed by atoms with Crippen LogP contribution < -0.4 is 0 Å². The van der Waals surface area contributed by atoms with Gasteiger partial charge in [-0.2, -0.15) is 13.2 Å². The maximum absolute atomic E-state index is 12.8. The molecular weight excluding hydrogens is 359 g/mol. The van der Waals surface area contributed by atoms with Gasteiger partial charge in [0.25, 0.3) is 5.91 Å². The largest absolute Gasteiger partial charge is 0.452 e. The van der Waals surface area contributed by atoms with Crippen molar-refractivity contribution in [1.29, 1.82) is 0 Å². The molecule has 1 amide bonds. The van der Waals surface area contributed by atoms with Gasteiger partial charge in [-0.25, -0.2) is 4.79 Å². The summed E-state index contributed by atoms with van der Waals surface area (Å²) in [5, 5.41) is 0. The van der Waals surface area contributed by atoms with E-state index in [4.69, 9.17) is 4.74 Å². The second-order valence-electron chi connectivity index (χ2n) is 8.89. The molecule has 2 fully saturated rings. The summed E-state index contributed by atoms with van der Waals surface area (Å²) >= 11 is 0. The predicted octanol–water partition coefficient (Wildman–Crippen LogP) is 4.29. The number of ether oxygens (including phenoxy) is 1. The number of likely N-dealkylation sites (tertiary alicyclic amines) is 1. The zero-order valence-corrected chi connectivity index (χ0v) is 15.7. The number of rotatable bonds is 3. The number of halogens is 3. The van der Waals surface area contributed by atoms with Crippen LogP contribution in [0.3, 0.4) is 0 Å². The van der Waals surface area contributed by atoms with Crippen molar-refractivity contribution in [2.75, 3.05) is 13.2 Å². The molecule has 27 heavy (non-hydrogen) atoms. The minimum Gasteiger partial charge on any atom is -0.452 e. The minimum atomic E-state index is -4.54. The number of amides is 1. The normalized spacial score (nSPS) is 26.7. The highest BCUT2D eigenvalue weighted by molar-refractivity contribution is 5.91. The van der Waals surface area contributed by atoms with Gasteiger partial charge >= 0.3 is 12.1 Å². The second kappa shape index (κ2) is 6.53. The molecule has 148 valence electrons. The highest BCUT2D eigenvalue weighted by atomic mass is 19.4. The van der Waals surface area contributed by atoms with Crippen LogP contribution in [0.4, 0.5) is 13.2 Å². The van der Waals surface area contributed by atoms with Crippen LogP contribution >= 0.6 is 0 Å². The Bertz CT molecular complexity index is 759. The van der Waals surface area contributed by atoms with Crippen LogP contribution in [0.15, 0.2) is 24.3 Å². The maximum Gasteiger partial charge on any atom is 0.416 e. The molecule has 2 aliphatic rings. The van der Waals surface area contributed by atoms with Crippen molar-refractivity contribution < 1.29 is 27.5 Å². The van der Waals surface area contributed by atoms with E-state index >= 15 is 0 Å². The zero-order chi connectivity index (χ0) is 20.0. The Morgan fingerprint density at radius 3 is 2.59 bits per heavy atom. The first kappa shape index (κ1) is 19.7. The number of carbonyl (C=O) groups is 2. The Balaban J connectivity index is 1.62. The van der Waals surface area contributed by atoms with Crippen LogP contribution in [0, 0.1) is 10.8 Å². The van der Waals surface area contributed by atoms with Gasteiger partial charge in [0, 0.05) is 12.6 Å². The summed E-state index contributed by atoms with van der Waals surface area (Å²) in [7, 11) is 0. The van der Waals surface area contributed by atoms with Crippen LogP contribution in [-0.4, -0.2) is 36.0 Å². The summed E-state index contributed by atoms with van der Waals surface area (Å²) in [4.78, 5) is 26.4. The number of fused-ring (bicyclic) bond motifs is 2. The molecule has 1 heterocycles. The molecule has 1 saturated carbocycles. The topological polar surface area (TPSA) is 46.6 Å². The molecule has 1 aliphatic heterocycles. The van der Waals surface area contributed by atoms with E-state index in [9.17, 15) is 22.8 Å². The first-order chi connectivity index (χ1) is 12.4. The summed E-state index contributed by atoms with van der Waals surface area (Å²) in [5.74, 6) is -1.22. The van der Waals surface area contributed by atoms with Gasteiger partial charge in [-0.15, -0.1) is 0 Å². The van der Waals surface area contributed by atoms with Crippen LogP contribution in [0.2, 0.25) is 0 Å². The number of esters is 1. The van der Waals surface area contributed by atoms with E-state index < -0.39 is 24.3 Å². The van der Waals surface area contributed by atoms with E-state index in [0.29, 0.717) is 6.54 Å². The molecule has 0 unspecified atom stereocenters. The van der Waals surface area contributed by atoms with E-state index in [1.54, 1.807) is 4.90 Å². The minimum absolute atomic E-state index is 0.0626. The molecule has 3 rings (SSSR count). The van der Waals surface area contributed by atoms with E-state index in [2.05, 4.69) is 20.8 Å². The average molecular weight is 383 g/mol. The molecule has 4 nitrogen and oxygen atoms in total. The smallest absolute Gasteiger partial charge is 0.416 e. The Morgan fingerprint density at radius 2 is 1.93 bits per heavy atom. The quantitative estimate of drug-likeness (QED) is 0.732. The predicted molar refractivity (Wildman–Crippen MR) is 93.0 cm³/mol. The standard InChI is InChI=1S/C20H24F3NO3/c1-18(2)8-15-9-19(3,11-18)12-24(15)16(25)10-27-17(26)13-5-4-6-14(7-13)20(21,22)23/h4-7,15H,8-12H2,1-3H3/t15-,19-/m1/s1. The van der Waals surface area contributed by atoms with Gasteiger partial charge in [-0.05, 0) is 48.3 Å². The summed E-state index contributed by atoms with van der Waals surface area (Å²) < 4.78 is 43.3. The first-order valence-electron chi connectivity index (χ1n) is 9.03. The van der Waals surface area contributed by atoms with Crippen LogP contribution in [-0.2, 0) is 15.7 Å². The lowest BCUT2D eigenvalue weighted by Gasteiger charge is -2.39.